The lowest BCUT2D eigenvalue weighted by molar-refractivity contribution is 0.132. The molecule has 0 amide bonds. The van der Waals surface area contributed by atoms with Gasteiger partial charge in [-0.3, -0.25) is 0 Å². The van der Waals surface area contributed by atoms with Crippen LogP contribution in [0.15, 0.2) is 17.0 Å². The lowest BCUT2D eigenvalue weighted by atomic mass is 10.0. The summed E-state index contributed by atoms with van der Waals surface area (Å²) >= 11 is 5.61. The van der Waals surface area contributed by atoms with E-state index in [1.807, 2.05) is 13.8 Å². The number of nitrogens with two attached hydrogens (primary N) is 1. The molecule has 2 N–H and O–H groups in total. The Kier molecular flexibility index (Phi) is 4.18. The highest BCUT2D eigenvalue weighted by atomic mass is 35.5. The summed E-state index contributed by atoms with van der Waals surface area (Å²) < 4.78 is 34.5. The first-order valence-corrected chi connectivity index (χ1v) is 8.38. The van der Waals surface area contributed by atoms with Gasteiger partial charge in [0.2, 0.25) is 10.0 Å². The number of primary sulfonamides is 1. The van der Waals surface area contributed by atoms with E-state index in [4.69, 9.17) is 26.2 Å². The van der Waals surface area contributed by atoms with Crippen LogP contribution in [0.1, 0.15) is 25.8 Å². The fraction of sp³-hybridized carbons (Fsp3) is 0.538. The van der Waals surface area contributed by atoms with Crippen molar-refractivity contribution in [1.29, 1.82) is 0 Å². The van der Waals surface area contributed by atoms with Crippen molar-refractivity contribution in [2.45, 2.75) is 37.2 Å². The number of benzene rings is 1. The molecule has 5 nitrogen and oxygen atoms in total. The monoisotopic (exact) mass is 319 g/mol. The molecule has 0 bridgehead atoms. The molecule has 2 rings (SSSR count). The highest BCUT2D eigenvalue weighted by Crippen LogP contribution is 2.43. The zero-order valence-electron chi connectivity index (χ0n) is 11.5. The lowest BCUT2D eigenvalue weighted by Gasteiger charge is -2.18. The van der Waals surface area contributed by atoms with Crippen molar-refractivity contribution in [2.24, 2.45) is 5.14 Å². The SMILES string of the molecule is CC1(C)Cc2cc(S(N)(=O)=O)cc(OCCCCl)c2O1. The predicted octanol–water partition coefficient (Wildman–Crippen LogP) is 2.06. The van der Waals surface area contributed by atoms with Crippen LogP contribution in [-0.4, -0.2) is 26.5 Å². The van der Waals surface area contributed by atoms with Gasteiger partial charge in [-0.05, 0) is 26.3 Å². The third kappa shape index (κ3) is 3.37. The van der Waals surface area contributed by atoms with E-state index in [9.17, 15) is 8.42 Å². The van der Waals surface area contributed by atoms with Gasteiger partial charge in [0.1, 0.15) is 5.60 Å². The highest BCUT2D eigenvalue weighted by molar-refractivity contribution is 7.89. The molecule has 1 aliphatic rings. The van der Waals surface area contributed by atoms with Crippen molar-refractivity contribution in [1.82, 2.24) is 0 Å². The molecule has 1 aliphatic heterocycles. The van der Waals surface area contributed by atoms with Crippen LogP contribution in [0.5, 0.6) is 11.5 Å². The summed E-state index contributed by atoms with van der Waals surface area (Å²) in [4.78, 5) is 0.0402. The lowest BCUT2D eigenvalue weighted by Crippen LogP contribution is -2.24. The highest BCUT2D eigenvalue weighted by Gasteiger charge is 2.34. The third-order valence-electron chi connectivity index (χ3n) is 2.96. The second kappa shape index (κ2) is 5.42. The molecular weight excluding hydrogens is 302 g/mol. The Bertz CT molecular complexity index is 613. The first kappa shape index (κ1) is 15.4. The van der Waals surface area contributed by atoms with Gasteiger partial charge in [-0.2, -0.15) is 0 Å². The normalized spacial score (nSPS) is 16.6. The molecule has 0 radical (unpaired) electrons. The van der Waals surface area contributed by atoms with Gasteiger partial charge in [-0.15, -0.1) is 11.6 Å². The Morgan fingerprint density at radius 1 is 1.45 bits per heavy atom. The largest absolute Gasteiger partial charge is 0.490 e. The molecule has 0 spiro atoms. The molecule has 0 unspecified atom stereocenters. The molecule has 0 saturated heterocycles. The minimum absolute atomic E-state index is 0.0402. The zero-order chi connectivity index (χ0) is 15.0. The molecule has 0 aromatic heterocycles. The Labute approximate surface area is 124 Å². The van der Waals surface area contributed by atoms with Gasteiger partial charge in [0.25, 0.3) is 0 Å². The summed E-state index contributed by atoms with van der Waals surface area (Å²) in [5.74, 6) is 1.47. The number of hydrogen-bond donors (Lipinski definition) is 1. The summed E-state index contributed by atoms with van der Waals surface area (Å²) in [6.45, 7) is 4.27. The van der Waals surface area contributed by atoms with Gasteiger partial charge in [0.15, 0.2) is 11.5 Å². The van der Waals surface area contributed by atoms with Gasteiger partial charge in [-0.25, -0.2) is 13.6 Å². The number of hydrogen-bond acceptors (Lipinski definition) is 4. The first-order valence-electron chi connectivity index (χ1n) is 6.30. The molecule has 0 saturated carbocycles. The van der Waals surface area contributed by atoms with E-state index in [-0.39, 0.29) is 10.5 Å². The first-order chi connectivity index (χ1) is 9.23. The second-order valence-electron chi connectivity index (χ2n) is 5.38. The van der Waals surface area contributed by atoms with Gasteiger partial charge in [-0.1, -0.05) is 0 Å². The van der Waals surface area contributed by atoms with Crippen molar-refractivity contribution in [2.75, 3.05) is 12.5 Å². The predicted molar refractivity (Wildman–Crippen MR) is 77.1 cm³/mol. The van der Waals surface area contributed by atoms with Crippen molar-refractivity contribution >= 4 is 21.6 Å². The van der Waals surface area contributed by atoms with Crippen LogP contribution < -0.4 is 14.6 Å². The van der Waals surface area contributed by atoms with E-state index in [0.29, 0.717) is 36.8 Å². The fourth-order valence-corrected chi connectivity index (χ4v) is 2.85. The summed E-state index contributed by atoms with van der Waals surface area (Å²) in [7, 11) is -3.78. The molecule has 1 heterocycles. The van der Waals surface area contributed by atoms with Crippen LogP contribution in [0, 0.1) is 0 Å². The molecular formula is C13H18ClNO4S. The molecule has 1 aromatic rings. The molecule has 112 valence electrons. The zero-order valence-corrected chi connectivity index (χ0v) is 13.1. The van der Waals surface area contributed by atoms with Crippen LogP contribution in [-0.2, 0) is 16.4 Å². The van der Waals surface area contributed by atoms with Crippen LogP contribution in [0.4, 0.5) is 0 Å². The number of ether oxygens (including phenoxy) is 2. The smallest absolute Gasteiger partial charge is 0.238 e. The van der Waals surface area contributed by atoms with Crippen LogP contribution in [0.2, 0.25) is 0 Å². The summed E-state index contributed by atoms with van der Waals surface area (Å²) in [5, 5.41) is 5.20. The minimum Gasteiger partial charge on any atom is -0.490 e. The van der Waals surface area contributed by atoms with Gasteiger partial charge >= 0.3 is 0 Å². The minimum atomic E-state index is -3.78. The number of alkyl halides is 1. The Morgan fingerprint density at radius 3 is 2.75 bits per heavy atom. The average molecular weight is 320 g/mol. The van der Waals surface area contributed by atoms with Crippen LogP contribution >= 0.6 is 11.6 Å². The molecule has 20 heavy (non-hydrogen) atoms. The number of sulfonamides is 1. The van der Waals surface area contributed by atoms with Gasteiger partial charge < -0.3 is 9.47 Å². The van der Waals surface area contributed by atoms with Gasteiger partial charge in [0, 0.05) is 23.9 Å². The summed E-state index contributed by atoms with van der Waals surface area (Å²) in [5.41, 5.74) is 0.409. The quantitative estimate of drug-likeness (QED) is 0.665. The maximum absolute atomic E-state index is 11.5. The Balaban J connectivity index is 2.42. The number of rotatable bonds is 5. The maximum atomic E-state index is 11.5. The van der Waals surface area contributed by atoms with E-state index in [2.05, 4.69) is 0 Å². The van der Waals surface area contributed by atoms with E-state index in [1.165, 1.54) is 6.07 Å². The maximum Gasteiger partial charge on any atom is 0.238 e. The average Bonchev–Trinajstić information content (AvgIpc) is 2.62. The van der Waals surface area contributed by atoms with E-state index < -0.39 is 10.0 Å². The van der Waals surface area contributed by atoms with E-state index in [1.54, 1.807) is 6.07 Å². The van der Waals surface area contributed by atoms with E-state index >= 15 is 0 Å². The van der Waals surface area contributed by atoms with Crippen molar-refractivity contribution in [3.8, 4) is 11.5 Å². The van der Waals surface area contributed by atoms with Crippen molar-refractivity contribution in [3.63, 3.8) is 0 Å². The molecule has 1 aromatic carbocycles. The van der Waals surface area contributed by atoms with Crippen LogP contribution in [0.3, 0.4) is 0 Å². The number of halogens is 1. The Hall–Kier alpha value is -0.980. The van der Waals surface area contributed by atoms with Crippen molar-refractivity contribution < 1.29 is 17.9 Å². The third-order valence-corrected chi connectivity index (χ3v) is 4.12. The van der Waals surface area contributed by atoms with Gasteiger partial charge in [0.05, 0.1) is 11.5 Å². The summed E-state index contributed by atoms with van der Waals surface area (Å²) in [6.07, 6.45) is 1.27. The molecule has 0 aliphatic carbocycles. The molecule has 0 atom stereocenters. The second-order valence-corrected chi connectivity index (χ2v) is 7.32. The fourth-order valence-electron chi connectivity index (χ4n) is 2.16. The molecule has 0 fully saturated rings. The standard InChI is InChI=1S/C13H18ClNO4S/c1-13(2)8-9-6-10(20(15,16)17)7-11(12(9)19-13)18-5-3-4-14/h6-7H,3-5,8H2,1-2H3,(H2,15,16,17). The molecule has 7 heteroatoms. The Morgan fingerprint density at radius 2 is 2.15 bits per heavy atom. The van der Waals surface area contributed by atoms with E-state index in [0.717, 1.165) is 5.56 Å². The summed E-state index contributed by atoms with van der Waals surface area (Å²) in [6, 6.07) is 2.96. The van der Waals surface area contributed by atoms with Crippen LogP contribution in [0.25, 0.3) is 0 Å². The number of fused-ring (bicyclic) bond motifs is 1. The van der Waals surface area contributed by atoms with Crippen molar-refractivity contribution in [3.05, 3.63) is 17.7 Å². The topological polar surface area (TPSA) is 78.6 Å².